The number of hydrogen-bond donors (Lipinski definition) is 1. The average Bonchev–Trinajstić information content (AvgIpc) is 2.84. The normalized spacial score (nSPS) is 15.0. The van der Waals surface area contributed by atoms with Gasteiger partial charge in [-0.15, -0.1) is 22.7 Å². The topological polar surface area (TPSA) is 42.0 Å². The first-order valence-corrected chi connectivity index (χ1v) is 6.89. The van der Waals surface area contributed by atoms with E-state index in [0.29, 0.717) is 11.0 Å². The van der Waals surface area contributed by atoms with E-state index in [1.54, 1.807) is 11.3 Å². The van der Waals surface area contributed by atoms with Gasteiger partial charge in [0.25, 0.3) is 5.91 Å². The Labute approximate surface area is 101 Å². The molecule has 0 radical (unpaired) electrons. The molecular weight excluding hydrogens is 240 g/mol. The lowest BCUT2D eigenvalue weighted by atomic mass is 10.4. The molecule has 0 unspecified atom stereocenters. The molecule has 1 fully saturated rings. The molecule has 16 heavy (non-hydrogen) atoms. The van der Waals surface area contributed by atoms with Crippen molar-refractivity contribution >= 4 is 28.6 Å². The summed E-state index contributed by atoms with van der Waals surface area (Å²) in [6.45, 7) is 0. The quantitative estimate of drug-likeness (QED) is 0.910. The monoisotopic (exact) mass is 250 g/mol. The summed E-state index contributed by atoms with van der Waals surface area (Å²) in [5, 5.41) is 7.46. The standard InChI is InChI=1S/C11H10N2OS2/c14-10(12-7-3-4-7)11-13-8(6-16-11)9-2-1-5-15-9/h1-2,5-7H,3-4H2,(H,12,14). The summed E-state index contributed by atoms with van der Waals surface area (Å²) in [5.41, 5.74) is 0.904. The van der Waals surface area contributed by atoms with Crippen LogP contribution in [0.3, 0.4) is 0 Å². The number of hydrogen-bond acceptors (Lipinski definition) is 4. The van der Waals surface area contributed by atoms with Gasteiger partial charge in [-0.2, -0.15) is 0 Å². The maximum atomic E-state index is 11.7. The fraction of sp³-hybridized carbons (Fsp3) is 0.273. The molecule has 0 spiro atoms. The van der Waals surface area contributed by atoms with Crippen LogP contribution in [0.15, 0.2) is 22.9 Å². The lowest BCUT2D eigenvalue weighted by Gasteiger charge is -1.97. The van der Waals surface area contributed by atoms with Crippen LogP contribution in [0.25, 0.3) is 10.6 Å². The molecular formula is C11H10N2OS2. The highest BCUT2D eigenvalue weighted by atomic mass is 32.1. The van der Waals surface area contributed by atoms with Gasteiger partial charge in [-0.05, 0) is 24.3 Å². The van der Waals surface area contributed by atoms with E-state index in [4.69, 9.17) is 0 Å². The maximum absolute atomic E-state index is 11.7. The molecule has 3 nitrogen and oxygen atoms in total. The molecule has 0 aromatic carbocycles. The molecule has 3 rings (SSSR count). The van der Waals surface area contributed by atoms with Crippen molar-refractivity contribution in [1.29, 1.82) is 0 Å². The molecule has 2 aromatic heterocycles. The van der Waals surface area contributed by atoms with Crippen molar-refractivity contribution < 1.29 is 4.79 Å². The van der Waals surface area contributed by atoms with E-state index in [2.05, 4.69) is 10.3 Å². The van der Waals surface area contributed by atoms with Crippen LogP contribution in [-0.2, 0) is 0 Å². The van der Waals surface area contributed by atoms with Gasteiger partial charge >= 0.3 is 0 Å². The minimum Gasteiger partial charge on any atom is -0.347 e. The molecule has 82 valence electrons. The number of aromatic nitrogens is 1. The van der Waals surface area contributed by atoms with E-state index in [9.17, 15) is 4.79 Å². The summed E-state index contributed by atoms with van der Waals surface area (Å²) >= 11 is 3.05. The highest BCUT2D eigenvalue weighted by Gasteiger charge is 2.25. The largest absolute Gasteiger partial charge is 0.347 e. The Morgan fingerprint density at radius 3 is 3.00 bits per heavy atom. The smallest absolute Gasteiger partial charge is 0.280 e. The molecule has 0 aliphatic heterocycles. The molecule has 0 bridgehead atoms. The van der Waals surface area contributed by atoms with Crippen LogP contribution < -0.4 is 5.32 Å². The lowest BCUT2D eigenvalue weighted by molar-refractivity contribution is 0.0951. The van der Waals surface area contributed by atoms with Crippen molar-refractivity contribution in [3.8, 4) is 10.6 Å². The number of amides is 1. The fourth-order valence-electron chi connectivity index (χ4n) is 1.39. The minimum absolute atomic E-state index is 0.0321. The van der Waals surface area contributed by atoms with E-state index in [0.717, 1.165) is 23.4 Å². The van der Waals surface area contributed by atoms with Crippen LogP contribution >= 0.6 is 22.7 Å². The second-order valence-corrected chi connectivity index (χ2v) is 5.57. The zero-order chi connectivity index (χ0) is 11.0. The Hall–Kier alpha value is -1.20. The van der Waals surface area contributed by atoms with Gasteiger partial charge in [-0.25, -0.2) is 4.98 Å². The summed E-state index contributed by atoms with van der Waals surface area (Å²) in [5.74, 6) is -0.0321. The number of nitrogens with zero attached hydrogens (tertiary/aromatic N) is 1. The fourth-order valence-corrected chi connectivity index (χ4v) is 2.87. The Bertz CT molecular complexity index is 500. The second kappa shape index (κ2) is 3.99. The Kier molecular flexibility index (Phi) is 2.49. The van der Waals surface area contributed by atoms with Crippen LogP contribution in [0.4, 0.5) is 0 Å². The predicted octanol–water partition coefficient (Wildman–Crippen LogP) is 2.76. The number of thiazole rings is 1. The highest BCUT2D eigenvalue weighted by molar-refractivity contribution is 7.15. The number of carbonyl (C=O) groups excluding carboxylic acids is 1. The Morgan fingerprint density at radius 2 is 2.31 bits per heavy atom. The van der Waals surface area contributed by atoms with Gasteiger partial charge in [0.15, 0.2) is 5.01 Å². The first kappa shape index (κ1) is 9.99. The molecule has 1 aliphatic carbocycles. The van der Waals surface area contributed by atoms with Crippen molar-refractivity contribution in [3.05, 3.63) is 27.9 Å². The van der Waals surface area contributed by atoms with Gasteiger partial charge < -0.3 is 5.32 Å². The first-order valence-electron chi connectivity index (χ1n) is 5.13. The molecule has 2 heterocycles. The van der Waals surface area contributed by atoms with Crippen LogP contribution in [0, 0.1) is 0 Å². The average molecular weight is 250 g/mol. The maximum Gasteiger partial charge on any atom is 0.280 e. The van der Waals surface area contributed by atoms with Crippen molar-refractivity contribution in [1.82, 2.24) is 10.3 Å². The van der Waals surface area contributed by atoms with Crippen molar-refractivity contribution in [2.24, 2.45) is 0 Å². The van der Waals surface area contributed by atoms with E-state index in [1.807, 2.05) is 22.9 Å². The van der Waals surface area contributed by atoms with Crippen molar-refractivity contribution in [3.63, 3.8) is 0 Å². The Balaban J connectivity index is 1.79. The molecule has 5 heteroatoms. The van der Waals surface area contributed by atoms with Crippen molar-refractivity contribution in [2.45, 2.75) is 18.9 Å². The third-order valence-corrected chi connectivity index (χ3v) is 4.12. The number of rotatable bonds is 3. The van der Waals surface area contributed by atoms with Gasteiger partial charge in [-0.1, -0.05) is 6.07 Å². The lowest BCUT2D eigenvalue weighted by Crippen LogP contribution is -2.25. The molecule has 1 amide bonds. The zero-order valence-electron chi connectivity index (χ0n) is 8.47. The predicted molar refractivity (Wildman–Crippen MR) is 65.9 cm³/mol. The van der Waals surface area contributed by atoms with Crippen LogP contribution in [0.5, 0.6) is 0 Å². The Morgan fingerprint density at radius 1 is 1.44 bits per heavy atom. The summed E-state index contributed by atoms with van der Waals surface area (Å²) in [4.78, 5) is 17.2. The third kappa shape index (κ3) is 2.01. The van der Waals surface area contributed by atoms with Gasteiger partial charge in [0.05, 0.1) is 10.6 Å². The van der Waals surface area contributed by atoms with Gasteiger partial charge in [0.1, 0.15) is 0 Å². The zero-order valence-corrected chi connectivity index (χ0v) is 10.1. The SMILES string of the molecule is O=C(NC1CC1)c1nc(-c2cccs2)cs1. The summed E-state index contributed by atoms with van der Waals surface area (Å²) in [6, 6.07) is 4.40. The molecule has 1 N–H and O–H groups in total. The van der Waals surface area contributed by atoms with Gasteiger partial charge in [0.2, 0.25) is 0 Å². The van der Waals surface area contributed by atoms with Crippen LogP contribution in [-0.4, -0.2) is 16.9 Å². The number of thiophene rings is 1. The van der Waals surface area contributed by atoms with E-state index in [-0.39, 0.29) is 5.91 Å². The van der Waals surface area contributed by atoms with E-state index < -0.39 is 0 Å². The third-order valence-electron chi connectivity index (χ3n) is 2.38. The molecule has 2 aromatic rings. The molecule has 1 aliphatic rings. The van der Waals surface area contributed by atoms with Crippen LogP contribution in [0.1, 0.15) is 22.6 Å². The van der Waals surface area contributed by atoms with Crippen molar-refractivity contribution in [2.75, 3.05) is 0 Å². The van der Waals surface area contributed by atoms with Crippen LogP contribution in [0.2, 0.25) is 0 Å². The minimum atomic E-state index is -0.0321. The van der Waals surface area contributed by atoms with E-state index in [1.165, 1.54) is 11.3 Å². The summed E-state index contributed by atoms with van der Waals surface area (Å²) in [7, 11) is 0. The van der Waals surface area contributed by atoms with Gasteiger partial charge in [0, 0.05) is 11.4 Å². The van der Waals surface area contributed by atoms with E-state index >= 15 is 0 Å². The first-order chi connectivity index (χ1) is 7.83. The molecule has 1 saturated carbocycles. The molecule has 0 atom stereocenters. The molecule has 0 saturated heterocycles. The summed E-state index contributed by atoms with van der Waals surface area (Å²) < 4.78 is 0. The highest BCUT2D eigenvalue weighted by Crippen LogP contribution is 2.26. The second-order valence-electron chi connectivity index (χ2n) is 3.76. The number of nitrogens with one attached hydrogen (secondary N) is 1. The summed E-state index contributed by atoms with van der Waals surface area (Å²) in [6.07, 6.45) is 2.21. The number of carbonyl (C=O) groups is 1. The van der Waals surface area contributed by atoms with Gasteiger partial charge in [-0.3, -0.25) is 4.79 Å².